The molecule has 0 aliphatic carbocycles. The summed E-state index contributed by atoms with van der Waals surface area (Å²) < 4.78 is 5.22. The molecule has 0 saturated heterocycles. The lowest BCUT2D eigenvalue weighted by molar-refractivity contribution is 0.104. The first kappa shape index (κ1) is 12.9. The number of benzene rings is 2. The second-order valence-electron chi connectivity index (χ2n) is 4.03. The number of ether oxygens (including phenoxy) is 1. The van der Waals surface area contributed by atoms with E-state index in [1.807, 2.05) is 42.5 Å². The predicted molar refractivity (Wildman–Crippen MR) is 75.9 cm³/mol. The molecule has 0 saturated carbocycles. The molecule has 2 aromatic carbocycles. The van der Waals surface area contributed by atoms with Gasteiger partial charge in [0.2, 0.25) is 0 Å². The summed E-state index contributed by atoms with van der Waals surface area (Å²) in [4.78, 5) is 12.0. The maximum Gasteiger partial charge on any atom is 0.187 e. The molecule has 0 spiro atoms. The van der Waals surface area contributed by atoms with Crippen LogP contribution in [0.5, 0.6) is 5.75 Å². The molecule has 0 aromatic heterocycles. The minimum absolute atomic E-state index is 0.121. The van der Waals surface area contributed by atoms with Crippen LogP contribution in [0.3, 0.4) is 0 Å². The lowest BCUT2D eigenvalue weighted by Gasteiger charge is -2.08. The van der Waals surface area contributed by atoms with Crippen molar-refractivity contribution in [2.24, 2.45) is 5.73 Å². The molecule has 0 amide bonds. The van der Waals surface area contributed by atoms with E-state index in [4.69, 9.17) is 10.5 Å². The maximum atomic E-state index is 12.0. The SMILES string of the molecule is COc1ccccc1/C(N)=C/C(=O)c1ccccc1. The zero-order chi connectivity index (χ0) is 13.7. The average Bonchev–Trinajstić information content (AvgIpc) is 2.48. The Morgan fingerprint density at radius 3 is 2.37 bits per heavy atom. The first-order chi connectivity index (χ1) is 9.22. The van der Waals surface area contributed by atoms with Crippen molar-refractivity contribution in [3.63, 3.8) is 0 Å². The van der Waals surface area contributed by atoms with Gasteiger partial charge in [-0.25, -0.2) is 0 Å². The van der Waals surface area contributed by atoms with Gasteiger partial charge in [0.1, 0.15) is 5.75 Å². The number of carbonyl (C=O) groups is 1. The highest BCUT2D eigenvalue weighted by atomic mass is 16.5. The Morgan fingerprint density at radius 1 is 1.05 bits per heavy atom. The minimum Gasteiger partial charge on any atom is -0.496 e. The lowest BCUT2D eigenvalue weighted by Crippen LogP contribution is -2.03. The molecule has 0 fully saturated rings. The largest absolute Gasteiger partial charge is 0.496 e. The third kappa shape index (κ3) is 3.01. The number of ketones is 1. The van der Waals surface area contributed by atoms with E-state index < -0.39 is 0 Å². The second kappa shape index (κ2) is 5.87. The van der Waals surface area contributed by atoms with Gasteiger partial charge < -0.3 is 10.5 Å². The molecule has 2 rings (SSSR count). The molecule has 0 bridgehead atoms. The van der Waals surface area contributed by atoms with E-state index in [2.05, 4.69) is 0 Å². The fraction of sp³-hybridized carbons (Fsp3) is 0.0625. The minimum atomic E-state index is -0.121. The van der Waals surface area contributed by atoms with Crippen LogP contribution in [-0.4, -0.2) is 12.9 Å². The Balaban J connectivity index is 2.31. The average molecular weight is 253 g/mol. The van der Waals surface area contributed by atoms with E-state index in [0.717, 1.165) is 0 Å². The zero-order valence-corrected chi connectivity index (χ0v) is 10.7. The number of hydrogen-bond acceptors (Lipinski definition) is 3. The number of allylic oxidation sites excluding steroid dienone is 1. The van der Waals surface area contributed by atoms with Crippen molar-refractivity contribution in [2.45, 2.75) is 0 Å². The van der Waals surface area contributed by atoms with Crippen LogP contribution in [0.2, 0.25) is 0 Å². The van der Waals surface area contributed by atoms with E-state index in [-0.39, 0.29) is 5.78 Å². The first-order valence-corrected chi connectivity index (χ1v) is 5.92. The van der Waals surface area contributed by atoms with Crippen LogP contribution in [-0.2, 0) is 0 Å². The molecule has 0 atom stereocenters. The summed E-state index contributed by atoms with van der Waals surface area (Å²) in [6.45, 7) is 0. The van der Waals surface area contributed by atoms with Gasteiger partial charge in [-0.1, -0.05) is 42.5 Å². The van der Waals surface area contributed by atoms with Gasteiger partial charge in [0, 0.05) is 22.9 Å². The molecule has 3 heteroatoms. The van der Waals surface area contributed by atoms with Crippen molar-refractivity contribution >= 4 is 11.5 Å². The highest BCUT2D eigenvalue weighted by molar-refractivity contribution is 6.08. The zero-order valence-electron chi connectivity index (χ0n) is 10.7. The molecule has 0 radical (unpaired) electrons. The molecule has 96 valence electrons. The van der Waals surface area contributed by atoms with Gasteiger partial charge in [0.25, 0.3) is 0 Å². The summed E-state index contributed by atoms with van der Waals surface area (Å²) in [5, 5.41) is 0. The van der Waals surface area contributed by atoms with Gasteiger partial charge >= 0.3 is 0 Å². The summed E-state index contributed by atoms with van der Waals surface area (Å²) >= 11 is 0. The molecule has 19 heavy (non-hydrogen) atoms. The molecule has 0 heterocycles. The number of hydrogen-bond donors (Lipinski definition) is 1. The number of carbonyl (C=O) groups excluding carboxylic acids is 1. The highest BCUT2D eigenvalue weighted by Gasteiger charge is 2.07. The van der Waals surface area contributed by atoms with Crippen LogP contribution in [0.4, 0.5) is 0 Å². The first-order valence-electron chi connectivity index (χ1n) is 5.92. The molecule has 0 unspecified atom stereocenters. The van der Waals surface area contributed by atoms with Crippen LogP contribution in [0.15, 0.2) is 60.7 Å². The Labute approximate surface area is 112 Å². The van der Waals surface area contributed by atoms with E-state index >= 15 is 0 Å². The van der Waals surface area contributed by atoms with Crippen LogP contribution in [0.1, 0.15) is 15.9 Å². The van der Waals surface area contributed by atoms with Gasteiger partial charge in [-0.3, -0.25) is 4.79 Å². The molecule has 2 N–H and O–H groups in total. The van der Waals surface area contributed by atoms with Crippen LogP contribution in [0, 0.1) is 0 Å². The number of nitrogens with two attached hydrogens (primary N) is 1. The van der Waals surface area contributed by atoms with Crippen molar-refractivity contribution in [3.05, 3.63) is 71.8 Å². The van der Waals surface area contributed by atoms with E-state index in [1.54, 1.807) is 19.2 Å². The summed E-state index contributed by atoms with van der Waals surface area (Å²) in [7, 11) is 1.57. The third-order valence-corrected chi connectivity index (χ3v) is 2.76. The Hall–Kier alpha value is -2.55. The summed E-state index contributed by atoms with van der Waals surface area (Å²) in [5.41, 5.74) is 7.69. The maximum absolute atomic E-state index is 12.0. The monoisotopic (exact) mass is 253 g/mol. The molecular weight excluding hydrogens is 238 g/mol. The quantitative estimate of drug-likeness (QED) is 0.673. The fourth-order valence-electron chi connectivity index (χ4n) is 1.79. The topological polar surface area (TPSA) is 52.3 Å². The normalized spacial score (nSPS) is 11.1. The standard InChI is InChI=1S/C16H15NO2/c1-19-16-10-6-5-9-13(16)14(17)11-15(18)12-7-3-2-4-8-12/h2-11H,17H2,1H3/b14-11-. The van der Waals surface area contributed by atoms with Gasteiger partial charge in [-0.15, -0.1) is 0 Å². The number of methoxy groups -OCH3 is 1. The van der Waals surface area contributed by atoms with E-state index in [1.165, 1.54) is 6.08 Å². The molecule has 0 aliphatic heterocycles. The summed E-state index contributed by atoms with van der Waals surface area (Å²) in [5.74, 6) is 0.529. The number of rotatable bonds is 4. The van der Waals surface area contributed by atoms with Crippen molar-refractivity contribution < 1.29 is 9.53 Å². The summed E-state index contributed by atoms with van der Waals surface area (Å²) in [6, 6.07) is 16.4. The van der Waals surface area contributed by atoms with Gasteiger partial charge in [-0.05, 0) is 12.1 Å². The molecule has 2 aromatic rings. The van der Waals surface area contributed by atoms with Crippen molar-refractivity contribution in [2.75, 3.05) is 7.11 Å². The predicted octanol–water partition coefficient (Wildman–Crippen LogP) is 2.88. The van der Waals surface area contributed by atoms with E-state index in [9.17, 15) is 4.79 Å². The van der Waals surface area contributed by atoms with Crippen LogP contribution in [0.25, 0.3) is 5.70 Å². The molecular formula is C16H15NO2. The van der Waals surface area contributed by atoms with Crippen molar-refractivity contribution in [3.8, 4) is 5.75 Å². The highest BCUT2D eigenvalue weighted by Crippen LogP contribution is 2.22. The van der Waals surface area contributed by atoms with Gasteiger partial charge in [0.05, 0.1) is 7.11 Å². The van der Waals surface area contributed by atoms with E-state index in [0.29, 0.717) is 22.6 Å². The summed E-state index contributed by atoms with van der Waals surface area (Å²) in [6.07, 6.45) is 1.42. The van der Waals surface area contributed by atoms with Crippen molar-refractivity contribution in [1.29, 1.82) is 0 Å². The molecule has 3 nitrogen and oxygen atoms in total. The molecule has 0 aliphatic rings. The van der Waals surface area contributed by atoms with Gasteiger partial charge in [0.15, 0.2) is 5.78 Å². The third-order valence-electron chi connectivity index (χ3n) is 2.76. The Bertz CT molecular complexity index is 603. The fourth-order valence-corrected chi connectivity index (χ4v) is 1.79. The van der Waals surface area contributed by atoms with Crippen LogP contribution < -0.4 is 10.5 Å². The lowest BCUT2D eigenvalue weighted by atomic mass is 10.1. The second-order valence-corrected chi connectivity index (χ2v) is 4.03. The van der Waals surface area contributed by atoms with Gasteiger partial charge in [-0.2, -0.15) is 0 Å². The van der Waals surface area contributed by atoms with Crippen LogP contribution >= 0.6 is 0 Å². The smallest absolute Gasteiger partial charge is 0.187 e. The number of para-hydroxylation sites is 1. The Kier molecular flexibility index (Phi) is 3.98. The van der Waals surface area contributed by atoms with Crippen molar-refractivity contribution in [1.82, 2.24) is 0 Å². The Morgan fingerprint density at radius 2 is 1.68 bits per heavy atom.